The molecule has 1 aromatic carbocycles. The van der Waals surface area contributed by atoms with Crippen LogP contribution in [-0.4, -0.2) is 22.9 Å². The van der Waals surface area contributed by atoms with Gasteiger partial charge in [0.15, 0.2) is 0 Å². The van der Waals surface area contributed by atoms with E-state index in [1.165, 1.54) is 18.2 Å². The van der Waals surface area contributed by atoms with Crippen LogP contribution in [0.1, 0.15) is 12.8 Å². The Morgan fingerprint density at radius 1 is 1.06 bits per heavy atom. The van der Waals surface area contributed by atoms with Crippen molar-refractivity contribution in [3.05, 3.63) is 36.4 Å². The van der Waals surface area contributed by atoms with Crippen LogP contribution >= 0.6 is 15.9 Å². The molecule has 1 aromatic heterocycles. The molecule has 3 rings (SSSR count). The summed E-state index contributed by atoms with van der Waals surface area (Å²) in [6.07, 6.45) is 2.41. The number of halogens is 1. The molecule has 88 valence electrons. The second kappa shape index (κ2) is 4.65. The van der Waals surface area contributed by atoms with Crippen LogP contribution in [-0.2, 0) is 0 Å². The van der Waals surface area contributed by atoms with Crippen molar-refractivity contribution in [3.63, 3.8) is 0 Å². The molecule has 1 saturated heterocycles. The van der Waals surface area contributed by atoms with Crippen molar-refractivity contribution in [2.75, 3.05) is 18.0 Å². The molecule has 1 aliphatic heterocycles. The lowest BCUT2D eigenvalue weighted by Crippen LogP contribution is -2.34. The highest BCUT2D eigenvalue weighted by Gasteiger charge is 2.17. The van der Waals surface area contributed by atoms with Crippen LogP contribution in [0.25, 0.3) is 10.9 Å². The average molecular weight is 291 g/mol. The van der Waals surface area contributed by atoms with Crippen molar-refractivity contribution >= 4 is 32.7 Å². The zero-order valence-corrected chi connectivity index (χ0v) is 11.2. The second-order valence-electron chi connectivity index (χ2n) is 4.52. The van der Waals surface area contributed by atoms with Crippen LogP contribution in [0, 0.1) is 0 Å². The Balaban J connectivity index is 1.90. The van der Waals surface area contributed by atoms with Crippen LogP contribution in [0.15, 0.2) is 36.4 Å². The van der Waals surface area contributed by atoms with Crippen molar-refractivity contribution in [2.24, 2.45) is 0 Å². The number of para-hydroxylation sites is 1. The monoisotopic (exact) mass is 290 g/mol. The predicted molar refractivity (Wildman–Crippen MR) is 75.9 cm³/mol. The number of nitrogens with zero attached hydrogens (tertiary/aromatic N) is 2. The van der Waals surface area contributed by atoms with E-state index >= 15 is 0 Å². The minimum Gasteiger partial charge on any atom is -0.357 e. The topological polar surface area (TPSA) is 16.1 Å². The molecular weight excluding hydrogens is 276 g/mol. The zero-order chi connectivity index (χ0) is 11.7. The van der Waals surface area contributed by atoms with Gasteiger partial charge in [-0.2, -0.15) is 0 Å². The molecule has 0 N–H and O–H groups in total. The molecular formula is C14H15BrN2. The van der Waals surface area contributed by atoms with E-state index in [1.54, 1.807) is 0 Å². The van der Waals surface area contributed by atoms with Gasteiger partial charge < -0.3 is 4.90 Å². The molecule has 2 heterocycles. The lowest BCUT2D eigenvalue weighted by atomic mass is 10.1. The standard InChI is InChI=1S/C14H15BrN2/c15-12-7-9-17(10-8-12)14-6-5-11-3-1-2-4-13(11)16-14/h1-6,12H,7-10H2. The number of aromatic nitrogens is 1. The molecule has 0 unspecified atom stereocenters. The summed E-state index contributed by atoms with van der Waals surface area (Å²) in [5, 5.41) is 1.21. The second-order valence-corrected chi connectivity index (χ2v) is 5.82. The Kier molecular flexibility index (Phi) is 3.02. The zero-order valence-electron chi connectivity index (χ0n) is 9.64. The van der Waals surface area contributed by atoms with E-state index in [0.717, 1.165) is 24.4 Å². The maximum atomic E-state index is 4.73. The van der Waals surface area contributed by atoms with E-state index in [0.29, 0.717) is 4.83 Å². The first-order valence-corrected chi connectivity index (χ1v) is 6.99. The van der Waals surface area contributed by atoms with Gasteiger partial charge in [-0.25, -0.2) is 4.98 Å². The Bertz CT molecular complexity index is 518. The van der Waals surface area contributed by atoms with Gasteiger partial charge in [-0.05, 0) is 31.0 Å². The highest BCUT2D eigenvalue weighted by molar-refractivity contribution is 9.09. The number of pyridine rings is 1. The lowest BCUT2D eigenvalue weighted by Gasteiger charge is -2.30. The van der Waals surface area contributed by atoms with Gasteiger partial charge in [0.05, 0.1) is 5.52 Å². The first-order chi connectivity index (χ1) is 8.33. The van der Waals surface area contributed by atoms with Gasteiger partial charge in [-0.15, -0.1) is 0 Å². The number of alkyl halides is 1. The summed E-state index contributed by atoms with van der Waals surface area (Å²) in [6.45, 7) is 2.20. The lowest BCUT2D eigenvalue weighted by molar-refractivity contribution is 0.593. The molecule has 17 heavy (non-hydrogen) atoms. The summed E-state index contributed by atoms with van der Waals surface area (Å²) < 4.78 is 0. The maximum Gasteiger partial charge on any atom is 0.129 e. The summed E-state index contributed by atoms with van der Waals surface area (Å²) in [6, 6.07) is 12.6. The van der Waals surface area contributed by atoms with Crippen molar-refractivity contribution in [1.82, 2.24) is 4.98 Å². The van der Waals surface area contributed by atoms with Gasteiger partial charge in [0, 0.05) is 23.3 Å². The fraction of sp³-hybridized carbons (Fsp3) is 0.357. The SMILES string of the molecule is BrC1CCN(c2ccc3ccccc3n2)CC1. The molecule has 1 fully saturated rings. The van der Waals surface area contributed by atoms with E-state index in [1.807, 2.05) is 6.07 Å². The highest BCUT2D eigenvalue weighted by Crippen LogP contribution is 2.23. The van der Waals surface area contributed by atoms with Gasteiger partial charge in [0.25, 0.3) is 0 Å². The third kappa shape index (κ3) is 2.29. The summed E-state index contributed by atoms with van der Waals surface area (Å²) in [4.78, 5) is 7.79. The Labute approximate surface area is 110 Å². The molecule has 2 nitrogen and oxygen atoms in total. The van der Waals surface area contributed by atoms with E-state index in [-0.39, 0.29) is 0 Å². The van der Waals surface area contributed by atoms with Gasteiger partial charge in [-0.3, -0.25) is 0 Å². The molecule has 0 atom stereocenters. The molecule has 0 saturated carbocycles. The third-order valence-electron chi connectivity index (χ3n) is 3.33. The molecule has 2 aromatic rings. The highest BCUT2D eigenvalue weighted by atomic mass is 79.9. The smallest absolute Gasteiger partial charge is 0.129 e. The van der Waals surface area contributed by atoms with Crippen molar-refractivity contribution in [2.45, 2.75) is 17.7 Å². The predicted octanol–water partition coefficient (Wildman–Crippen LogP) is 3.60. The first-order valence-electron chi connectivity index (χ1n) is 6.08. The van der Waals surface area contributed by atoms with Crippen LogP contribution < -0.4 is 4.90 Å². The third-order valence-corrected chi connectivity index (χ3v) is 4.25. The largest absolute Gasteiger partial charge is 0.357 e. The molecule has 3 heteroatoms. The Morgan fingerprint density at radius 3 is 2.65 bits per heavy atom. The summed E-state index contributed by atoms with van der Waals surface area (Å²) in [7, 11) is 0. The first kappa shape index (κ1) is 11.0. The van der Waals surface area contributed by atoms with Crippen LogP contribution in [0.4, 0.5) is 5.82 Å². The minimum atomic E-state index is 0.680. The normalized spacial score (nSPS) is 17.6. The van der Waals surface area contributed by atoms with Crippen LogP contribution in [0.2, 0.25) is 0 Å². The Hall–Kier alpha value is -1.09. The fourth-order valence-electron chi connectivity index (χ4n) is 2.31. The van der Waals surface area contributed by atoms with E-state index in [4.69, 9.17) is 4.98 Å². The summed E-state index contributed by atoms with van der Waals surface area (Å²) in [5.41, 5.74) is 1.09. The number of hydrogen-bond donors (Lipinski definition) is 0. The molecule has 0 aliphatic carbocycles. The van der Waals surface area contributed by atoms with Crippen molar-refractivity contribution in [3.8, 4) is 0 Å². The van der Waals surface area contributed by atoms with Crippen molar-refractivity contribution in [1.29, 1.82) is 0 Å². The summed E-state index contributed by atoms with van der Waals surface area (Å²) >= 11 is 3.68. The molecule has 0 radical (unpaired) electrons. The number of benzene rings is 1. The van der Waals surface area contributed by atoms with Crippen molar-refractivity contribution < 1.29 is 0 Å². The van der Waals surface area contributed by atoms with Gasteiger partial charge >= 0.3 is 0 Å². The number of piperidine rings is 1. The quantitative estimate of drug-likeness (QED) is 0.746. The van der Waals surface area contributed by atoms with Gasteiger partial charge in [0.2, 0.25) is 0 Å². The average Bonchev–Trinajstić information content (AvgIpc) is 2.39. The van der Waals surface area contributed by atoms with E-state index in [9.17, 15) is 0 Å². The Morgan fingerprint density at radius 2 is 1.82 bits per heavy atom. The van der Waals surface area contributed by atoms with Gasteiger partial charge in [0.1, 0.15) is 5.82 Å². The van der Waals surface area contributed by atoms with E-state index < -0.39 is 0 Å². The maximum absolute atomic E-state index is 4.73. The molecule has 0 bridgehead atoms. The number of hydrogen-bond acceptors (Lipinski definition) is 2. The fourth-order valence-corrected chi connectivity index (χ4v) is 2.72. The number of fused-ring (bicyclic) bond motifs is 1. The number of rotatable bonds is 1. The molecule has 0 amide bonds. The van der Waals surface area contributed by atoms with Gasteiger partial charge in [-0.1, -0.05) is 34.1 Å². The molecule has 1 aliphatic rings. The van der Waals surface area contributed by atoms with E-state index in [2.05, 4.69) is 51.2 Å². The number of anilines is 1. The molecule has 0 spiro atoms. The summed E-state index contributed by atoms with van der Waals surface area (Å²) in [5.74, 6) is 1.11. The van der Waals surface area contributed by atoms with Crippen LogP contribution in [0.5, 0.6) is 0 Å². The van der Waals surface area contributed by atoms with Crippen LogP contribution in [0.3, 0.4) is 0 Å². The minimum absolute atomic E-state index is 0.680.